The molecule has 0 spiro atoms. The van der Waals surface area contributed by atoms with Crippen LogP contribution < -0.4 is 5.32 Å². The highest BCUT2D eigenvalue weighted by Crippen LogP contribution is 2.19. The van der Waals surface area contributed by atoms with Crippen LogP contribution in [0.2, 0.25) is 0 Å². The summed E-state index contributed by atoms with van der Waals surface area (Å²) in [5.41, 5.74) is 0.737. The lowest BCUT2D eigenvalue weighted by Gasteiger charge is -2.24. The van der Waals surface area contributed by atoms with Gasteiger partial charge in [-0.15, -0.1) is 24.0 Å². The highest BCUT2D eigenvalue weighted by Gasteiger charge is 2.29. The van der Waals surface area contributed by atoms with E-state index >= 15 is 0 Å². The summed E-state index contributed by atoms with van der Waals surface area (Å²) in [6.07, 6.45) is 0.761. The van der Waals surface area contributed by atoms with Crippen molar-refractivity contribution in [1.29, 1.82) is 0 Å². The highest BCUT2D eigenvalue weighted by atomic mass is 127. The Hall–Kier alpha value is -1.51. The first-order valence-electron chi connectivity index (χ1n) is 9.22. The van der Waals surface area contributed by atoms with E-state index in [0.717, 1.165) is 32.0 Å². The Morgan fingerprint density at radius 3 is 2.56 bits per heavy atom. The van der Waals surface area contributed by atoms with Crippen molar-refractivity contribution in [2.24, 2.45) is 10.9 Å². The maximum Gasteiger partial charge on any atom is 0.410 e. The van der Waals surface area contributed by atoms with Crippen molar-refractivity contribution in [3.63, 3.8) is 0 Å². The van der Waals surface area contributed by atoms with Crippen LogP contribution in [0.4, 0.5) is 4.79 Å². The van der Waals surface area contributed by atoms with Gasteiger partial charge >= 0.3 is 6.09 Å². The molecule has 152 valence electrons. The van der Waals surface area contributed by atoms with Crippen molar-refractivity contribution in [2.45, 2.75) is 39.3 Å². The summed E-state index contributed by atoms with van der Waals surface area (Å²) < 4.78 is 5.46. The second kappa shape index (κ2) is 10.7. The van der Waals surface area contributed by atoms with E-state index in [1.807, 2.05) is 58.0 Å². The molecule has 1 N–H and O–H groups in total. The van der Waals surface area contributed by atoms with Gasteiger partial charge in [-0.2, -0.15) is 0 Å². The lowest BCUT2D eigenvalue weighted by Crippen LogP contribution is -2.40. The zero-order valence-corrected chi connectivity index (χ0v) is 19.4. The topological polar surface area (TPSA) is 57.2 Å². The van der Waals surface area contributed by atoms with Crippen LogP contribution in [-0.2, 0) is 11.3 Å². The van der Waals surface area contributed by atoms with Crippen molar-refractivity contribution in [2.75, 3.05) is 33.7 Å². The van der Waals surface area contributed by atoms with Crippen LogP contribution in [0.3, 0.4) is 0 Å². The number of amides is 1. The molecule has 1 fully saturated rings. The summed E-state index contributed by atoms with van der Waals surface area (Å²) in [5, 5.41) is 3.44. The van der Waals surface area contributed by atoms with Crippen LogP contribution >= 0.6 is 24.0 Å². The van der Waals surface area contributed by atoms with Crippen LogP contribution in [0.1, 0.15) is 32.8 Å². The van der Waals surface area contributed by atoms with Crippen LogP contribution in [-0.4, -0.2) is 61.2 Å². The smallest absolute Gasteiger partial charge is 0.410 e. The standard InChI is InChI=1S/C20H32N4O2.HI/c1-20(2,3)26-19(25)24-12-11-17(15-24)14-22-18(23(4)5)21-13-16-9-7-6-8-10-16;/h6-10,17H,11-15H2,1-5H3,(H,21,22);1H. The minimum absolute atomic E-state index is 0. The van der Waals surface area contributed by atoms with Crippen LogP contribution in [0.5, 0.6) is 0 Å². The van der Waals surface area contributed by atoms with E-state index in [9.17, 15) is 4.79 Å². The van der Waals surface area contributed by atoms with Gasteiger partial charge in [-0.05, 0) is 38.7 Å². The predicted octanol–water partition coefficient (Wildman–Crippen LogP) is 3.57. The maximum atomic E-state index is 12.2. The number of guanidine groups is 1. The predicted molar refractivity (Wildman–Crippen MR) is 121 cm³/mol. The molecule has 7 heteroatoms. The van der Waals surface area contributed by atoms with Crippen molar-refractivity contribution < 1.29 is 9.53 Å². The van der Waals surface area contributed by atoms with Gasteiger partial charge in [0.25, 0.3) is 0 Å². The summed E-state index contributed by atoms with van der Waals surface area (Å²) in [7, 11) is 3.97. The third-order valence-corrected chi connectivity index (χ3v) is 4.16. The monoisotopic (exact) mass is 488 g/mol. The lowest BCUT2D eigenvalue weighted by molar-refractivity contribution is 0.0288. The second-order valence-corrected chi connectivity index (χ2v) is 7.98. The number of carbonyl (C=O) groups is 1. The van der Waals surface area contributed by atoms with Crippen molar-refractivity contribution >= 4 is 36.0 Å². The van der Waals surface area contributed by atoms with E-state index in [1.165, 1.54) is 5.56 Å². The quantitative estimate of drug-likeness (QED) is 0.400. The Balaban J connectivity index is 0.00000364. The molecule has 1 unspecified atom stereocenters. The number of rotatable bonds is 4. The van der Waals surface area contributed by atoms with E-state index in [-0.39, 0.29) is 30.1 Å². The fourth-order valence-corrected chi connectivity index (χ4v) is 2.83. The van der Waals surface area contributed by atoms with Gasteiger partial charge in [0.1, 0.15) is 5.60 Å². The molecule has 0 aliphatic carbocycles. The van der Waals surface area contributed by atoms with E-state index in [4.69, 9.17) is 4.74 Å². The van der Waals surface area contributed by atoms with Crippen molar-refractivity contribution in [3.05, 3.63) is 35.9 Å². The summed E-state index contributed by atoms with van der Waals surface area (Å²) in [5.74, 6) is 1.27. The number of hydrogen-bond donors (Lipinski definition) is 1. The molecular weight excluding hydrogens is 455 g/mol. The normalized spacial score (nSPS) is 17.3. The van der Waals surface area contributed by atoms with Gasteiger partial charge in [0.2, 0.25) is 0 Å². The molecule has 0 radical (unpaired) electrons. The number of hydrogen-bond acceptors (Lipinski definition) is 3. The molecule has 0 saturated carbocycles. The summed E-state index contributed by atoms with van der Waals surface area (Å²) in [6.45, 7) is 8.61. The molecule has 1 amide bonds. The van der Waals surface area contributed by atoms with Gasteiger partial charge in [-0.3, -0.25) is 0 Å². The number of aliphatic imine (C=N–C) groups is 1. The molecule has 1 aliphatic rings. The molecule has 2 rings (SSSR count). The number of benzene rings is 1. The van der Waals surface area contributed by atoms with Crippen LogP contribution in [0, 0.1) is 5.92 Å². The van der Waals surface area contributed by atoms with Crippen LogP contribution in [0.25, 0.3) is 0 Å². The highest BCUT2D eigenvalue weighted by molar-refractivity contribution is 14.0. The molecular formula is C20H33IN4O2. The molecule has 0 aromatic heterocycles. The number of likely N-dealkylation sites (tertiary alicyclic amines) is 1. The number of nitrogens with one attached hydrogen (secondary N) is 1. The van der Waals surface area contributed by atoms with Gasteiger partial charge in [0.05, 0.1) is 6.54 Å². The van der Waals surface area contributed by atoms with E-state index < -0.39 is 5.60 Å². The first-order valence-corrected chi connectivity index (χ1v) is 9.22. The molecule has 1 aliphatic heterocycles. The number of nitrogens with zero attached hydrogens (tertiary/aromatic N) is 3. The Morgan fingerprint density at radius 1 is 1.30 bits per heavy atom. The summed E-state index contributed by atoms with van der Waals surface area (Å²) in [4.78, 5) is 20.6. The first kappa shape index (κ1) is 23.5. The Morgan fingerprint density at radius 2 is 1.96 bits per heavy atom. The van der Waals surface area contributed by atoms with Gasteiger partial charge in [-0.1, -0.05) is 30.3 Å². The number of ether oxygens (including phenoxy) is 1. The van der Waals surface area contributed by atoms with E-state index in [0.29, 0.717) is 12.5 Å². The second-order valence-electron chi connectivity index (χ2n) is 7.98. The van der Waals surface area contributed by atoms with Gasteiger partial charge in [0, 0.05) is 33.7 Å². The lowest BCUT2D eigenvalue weighted by atomic mass is 10.1. The summed E-state index contributed by atoms with van der Waals surface area (Å²) >= 11 is 0. The molecule has 1 aromatic rings. The average Bonchev–Trinajstić information content (AvgIpc) is 3.03. The van der Waals surface area contributed by atoms with E-state index in [1.54, 1.807) is 4.90 Å². The molecule has 27 heavy (non-hydrogen) atoms. The van der Waals surface area contributed by atoms with Gasteiger partial charge in [0.15, 0.2) is 5.96 Å². The fraction of sp³-hybridized carbons (Fsp3) is 0.600. The Labute approximate surface area is 180 Å². The molecule has 1 aromatic carbocycles. The van der Waals surface area contributed by atoms with Crippen LogP contribution in [0.15, 0.2) is 35.3 Å². The van der Waals surface area contributed by atoms with Gasteiger partial charge in [-0.25, -0.2) is 9.79 Å². The maximum absolute atomic E-state index is 12.2. The SMILES string of the molecule is CN(C)C(=NCc1ccccc1)NCC1CCN(C(=O)OC(C)(C)C)C1.I. The molecule has 6 nitrogen and oxygen atoms in total. The molecule has 1 saturated heterocycles. The van der Waals surface area contributed by atoms with Crippen molar-refractivity contribution in [1.82, 2.24) is 15.1 Å². The fourth-order valence-electron chi connectivity index (χ4n) is 2.83. The average molecular weight is 488 g/mol. The minimum atomic E-state index is -0.449. The third-order valence-electron chi connectivity index (χ3n) is 4.16. The zero-order chi connectivity index (χ0) is 19.2. The Kier molecular flexibility index (Phi) is 9.35. The van der Waals surface area contributed by atoms with Gasteiger partial charge < -0.3 is 19.9 Å². The molecule has 1 heterocycles. The zero-order valence-electron chi connectivity index (χ0n) is 17.1. The minimum Gasteiger partial charge on any atom is -0.444 e. The first-order chi connectivity index (χ1) is 12.2. The van der Waals surface area contributed by atoms with Crippen molar-refractivity contribution in [3.8, 4) is 0 Å². The summed E-state index contributed by atoms with van der Waals surface area (Å²) in [6, 6.07) is 10.2. The molecule has 0 bridgehead atoms. The number of halogens is 1. The van der Waals surface area contributed by atoms with E-state index in [2.05, 4.69) is 22.4 Å². The number of carbonyl (C=O) groups excluding carboxylic acids is 1. The largest absolute Gasteiger partial charge is 0.444 e. The Bertz CT molecular complexity index is 614. The molecule has 1 atom stereocenters. The third kappa shape index (κ3) is 8.36.